The molecule has 110 valence electrons. The van der Waals surface area contributed by atoms with Gasteiger partial charge in [0.25, 0.3) is 5.91 Å². The van der Waals surface area contributed by atoms with Crippen LogP contribution in [0, 0.1) is 0 Å². The van der Waals surface area contributed by atoms with Crippen LogP contribution >= 0.6 is 15.9 Å². The first-order valence-corrected chi connectivity index (χ1v) is 7.60. The molecule has 0 aliphatic carbocycles. The van der Waals surface area contributed by atoms with E-state index in [2.05, 4.69) is 26.2 Å². The third-order valence-electron chi connectivity index (χ3n) is 2.98. The minimum atomic E-state index is -0.0882. The van der Waals surface area contributed by atoms with Crippen LogP contribution in [0.15, 0.2) is 46.9 Å². The lowest BCUT2D eigenvalue weighted by atomic mass is 10.2. The highest BCUT2D eigenvalue weighted by molar-refractivity contribution is 9.10. The molecule has 2 aromatic rings. The summed E-state index contributed by atoms with van der Waals surface area (Å²) in [7, 11) is 1.78. The Morgan fingerprint density at radius 2 is 2.05 bits per heavy atom. The largest absolute Gasteiger partial charge is 0.370 e. The Labute approximate surface area is 133 Å². The zero-order chi connectivity index (χ0) is 15.2. The minimum Gasteiger partial charge on any atom is -0.370 e. The summed E-state index contributed by atoms with van der Waals surface area (Å²) < 4.78 is 1.01. The van der Waals surface area contributed by atoms with Gasteiger partial charge in [-0.05, 0) is 36.8 Å². The number of benzene rings is 1. The van der Waals surface area contributed by atoms with Crippen LogP contribution in [0.1, 0.15) is 23.0 Å². The second-order valence-electron chi connectivity index (χ2n) is 4.73. The molecule has 0 saturated heterocycles. The fourth-order valence-corrected chi connectivity index (χ4v) is 2.46. The van der Waals surface area contributed by atoms with Crippen molar-refractivity contribution in [3.8, 4) is 0 Å². The zero-order valence-electron chi connectivity index (χ0n) is 12.1. The first-order chi connectivity index (χ1) is 10.1. The van der Waals surface area contributed by atoms with Gasteiger partial charge in [0.15, 0.2) is 0 Å². The summed E-state index contributed by atoms with van der Waals surface area (Å²) >= 11 is 3.44. The van der Waals surface area contributed by atoms with Gasteiger partial charge in [-0.2, -0.15) is 0 Å². The van der Waals surface area contributed by atoms with E-state index in [-0.39, 0.29) is 5.91 Å². The number of carbonyl (C=O) groups excluding carboxylic acids is 1. The van der Waals surface area contributed by atoms with Crippen LogP contribution in [0.5, 0.6) is 0 Å². The average molecular weight is 348 g/mol. The smallest absolute Gasteiger partial charge is 0.272 e. The number of halogens is 1. The highest BCUT2D eigenvalue weighted by atomic mass is 79.9. The van der Waals surface area contributed by atoms with Crippen LogP contribution in [0.3, 0.4) is 0 Å². The molecule has 21 heavy (non-hydrogen) atoms. The van der Waals surface area contributed by atoms with Crippen LogP contribution in [0.2, 0.25) is 0 Å². The molecule has 0 atom stereocenters. The van der Waals surface area contributed by atoms with E-state index in [4.69, 9.17) is 0 Å². The maximum atomic E-state index is 12.4. The van der Waals surface area contributed by atoms with Gasteiger partial charge in [-0.25, -0.2) is 4.98 Å². The van der Waals surface area contributed by atoms with Gasteiger partial charge in [-0.1, -0.05) is 34.1 Å². The molecule has 1 heterocycles. The summed E-state index contributed by atoms with van der Waals surface area (Å²) in [6.45, 7) is 3.32. The van der Waals surface area contributed by atoms with Gasteiger partial charge in [0.05, 0.1) is 0 Å². The number of pyridine rings is 1. The molecule has 0 aliphatic rings. The minimum absolute atomic E-state index is 0.0882. The van der Waals surface area contributed by atoms with Gasteiger partial charge in [-0.15, -0.1) is 0 Å². The average Bonchev–Trinajstić information content (AvgIpc) is 2.47. The zero-order valence-corrected chi connectivity index (χ0v) is 13.7. The molecular weight excluding hydrogens is 330 g/mol. The highest BCUT2D eigenvalue weighted by Crippen LogP contribution is 2.14. The number of rotatable bonds is 5. The Morgan fingerprint density at radius 3 is 2.76 bits per heavy atom. The Morgan fingerprint density at radius 1 is 1.29 bits per heavy atom. The number of anilines is 1. The maximum absolute atomic E-state index is 12.4. The van der Waals surface area contributed by atoms with E-state index in [0.717, 1.165) is 22.4 Å². The molecular formula is C16H18BrN3O. The van der Waals surface area contributed by atoms with E-state index in [1.807, 2.05) is 43.3 Å². The molecule has 1 amide bonds. The van der Waals surface area contributed by atoms with Crippen LogP contribution < -0.4 is 5.32 Å². The van der Waals surface area contributed by atoms with Crippen molar-refractivity contribution in [2.24, 2.45) is 0 Å². The maximum Gasteiger partial charge on any atom is 0.272 e. The van der Waals surface area contributed by atoms with Crippen molar-refractivity contribution in [3.63, 3.8) is 0 Å². The lowest BCUT2D eigenvalue weighted by Gasteiger charge is -2.17. The van der Waals surface area contributed by atoms with Gasteiger partial charge >= 0.3 is 0 Å². The molecule has 1 aromatic heterocycles. The van der Waals surface area contributed by atoms with Crippen molar-refractivity contribution in [1.29, 1.82) is 0 Å². The molecule has 0 saturated carbocycles. The monoisotopic (exact) mass is 347 g/mol. The predicted octanol–water partition coefficient (Wildman–Crippen LogP) is 3.55. The third kappa shape index (κ3) is 4.29. The Kier molecular flexibility index (Phi) is 5.33. The molecule has 0 spiro atoms. The molecule has 0 fully saturated rings. The molecule has 4 nitrogen and oxygen atoms in total. The molecule has 0 bridgehead atoms. The van der Waals surface area contributed by atoms with Crippen LogP contribution in [-0.2, 0) is 6.54 Å². The second kappa shape index (κ2) is 7.22. The normalized spacial score (nSPS) is 10.2. The van der Waals surface area contributed by atoms with Crippen molar-refractivity contribution < 1.29 is 4.79 Å². The number of nitrogens with zero attached hydrogens (tertiary/aromatic N) is 2. The van der Waals surface area contributed by atoms with E-state index in [0.29, 0.717) is 12.2 Å². The second-order valence-corrected chi connectivity index (χ2v) is 5.65. The summed E-state index contributed by atoms with van der Waals surface area (Å²) in [5.41, 5.74) is 1.52. The fraction of sp³-hybridized carbons (Fsp3) is 0.250. The summed E-state index contributed by atoms with van der Waals surface area (Å²) in [5, 5.41) is 3.11. The molecule has 1 N–H and O–H groups in total. The van der Waals surface area contributed by atoms with Gasteiger partial charge in [0, 0.05) is 24.6 Å². The third-order valence-corrected chi connectivity index (χ3v) is 3.47. The lowest BCUT2D eigenvalue weighted by Crippen LogP contribution is -2.27. The summed E-state index contributed by atoms with van der Waals surface area (Å²) in [6, 6.07) is 13.4. The van der Waals surface area contributed by atoms with Gasteiger partial charge in [0.1, 0.15) is 11.5 Å². The van der Waals surface area contributed by atoms with Crippen LogP contribution in [0.25, 0.3) is 0 Å². The molecule has 2 rings (SSSR count). The van der Waals surface area contributed by atoms with E-state index < -0.39 is 0 Å². The predicted molar refractivity (Wildman–Crippen MR) is 88.3 cm³/mol. The van der Waals surface area contributed by atoms with Gasteiger partial charge in [-0.3, -0.25) is 4.79 Å². The quantitative estimate of drug-likeness (QED) is 0.899. The van der Waals surface area contributed by atoms with Crippen molar-refractivity contribution in [2.75, 3.05) is 18.9 Å². The lowest BCUT2D eigenvalue weighted by molar-refractivity contribution is 0.0779. The Balaban J connectivity index is 2.10. The first-order valence-electron chi connectivity index (χ1n) is 6.81. The summed E-state index contributed by atoms with van der Waals surface area (Å²) in [4.78, 5) is 18.4. The number of aromatic nitrogens is 1. The van der Waals surface area contributed by atoms with Gasteiger partial charge in [0.2, 0.25) is 0 Å². The Hall–Kier alpha value is -1.88. The molecule has 0 aliphatic heterocycles. The highest BCUT2D eigenvalue weighted by Gasteiger charge is 2.14. The molecule has 5 heteroatoms. The number of nitrogens with one attached hydrogen (secondary N) is 1. The molecule has 1 aromatic carbocycles. The van der Waals surface area contributed by atoms with Gasteiger partial charge < -0.3 is 10.2 Å². The summed E-state index contributed by atoms with van der Waals surface area (Å²) in [6.07, 6.45) is 0. The SMILES string of the molecule is CCNc1cccc(C(=O)N(C)Cc2cccc(Br)c2)n1. The number of amides is 1. The number of hydrogen-bond donors (Lipinski definition) is 1. The van der Waals surface area contributed by atoms with Crippen molar-refractivity contribution in [2.45, 2.75) is 13.5 Å². The molecule has 0 radical (unpaired) electrons. The topological polar surface area (TPSA) is 45.2 Å². The van der Waals surface area contributed by atoms with Crippen molar-refractivity contribution in [1.82, 2.24) is 9.88 Å². The number of hydrogen-bond acceptors (Lipinski definition) is 3. The van der Waals surface area contributed by atoms with Crippen LogP contribution in [0.4, 0.5) is 5.82 Å². The number of carbonyl (C=O) groups is 1. The molecule has 0 unspecified atom stereocenters. The summed E-state index contributed by atoms with van der Waals surface area (Å²) in [5.74, 6) is 0.633. The van der Waals surface area contributed by atoms with E-state index in [1.54, 1.807) is 18.0 Å². The van der Waals surface area contributed by atoms with E-state index in [9.17, 15) is 4.79 Å². The van der Waals surface area contributed by atoms with E-state index >= 15 is 0 Å². The van der Waals surface area contributed by atoms with Crippen LogP contribution in [-0.4, -0.2) is 29.4 Å². The van der Waals surface area contributed by atoms with E-state index in [1.165, 1.54) is 0 Å². The standard InChI is InChI=1S/C16H18BrN3O/c1-3-18-15-9-5-8-14(19-15)16(21)20(2)11-12-6-4-7-13(17)10-12/h4-10H,3,11H2,1-2H3,(H,18,19). The fourth-order valence-electron chi connectivity index (χ4n) is 2.01. The first kappa shape index (κ1) is 15.5. The Bertz CT molecular complexity index is 630. The van der Waals surface area contributed by atoms with Crippen molar-refractivity contribution in [3.05, 3.63) is 58.2 Å². The van der Waals surface area contributed by atoms with Crippen molar-refractivity contribution >= 4 is 27.7 Å².